The number of thiophene rings is 1. The van der Waals surface area contributed by atoms with Crippen LogP contribution in [0, 0.1) is 6.92 Å². The minimum Gasteiger partial charge on any atom is -0.322 e. The van der Waals surface area contributed by atoms with E-state index in [4.69, 9.17) is 11.6 Å². The van der Waals surface area contributed by atoms with Crippen LogP contribution in [0.5, 0.6) is 0 Å². The molecule has 4 heteroatoms. The zero-order valence-electron chi connectivity index (χ0n) is 9.81. The molecule has 0 spiro atoms. The fourth-order valence-corrected chi connectivity index (χ4v) is 2.25. The van der Waals surface area contributed by atoms with Crippen LogP contribution in [0.3, 0.4) is 0 Å². The van der Waals surface area contributed by atoms with Crippen LogP contribution in [0.2, 0.25) is 5.02 Å². The summed E-state index contributed by atoms with van der Waals surface area (Å²) < 4.78 is 0. The van der Waals surface area contributed by atoms with Gasteiger partial charge in [0, 0.05) is 21.7 Å². The first-order valence-corrected chi connectivity index (χ1v) is 6.70. The maximum atomic E-state index is 11.7. The zero-order chi connectivity index (χ0) is 13.0. The fraction of sp³-hybridized carbons (Fsp3) is 0.0714. The highest BCUT2D eigenvalue weighted by Crippen LogP contribution is 2.22. The largest absolute Gasteiger partial charge is 0.322 e. The number of hydrogen-bond donors (Lipinski definition) is 1. The monoisotopic (exact) mass is 277 g/mol. The lowest BCUT2D eigenvalue weighted by molar-refractivity contribution is -0.111. The summed E-state index contributed by atoms with van der Waals surface area (Å²) in [5, 5.41) is 5.43. The van der Waals surface area contributed by atoms with Crippen molar-refractivity contribution in [3.63, 3.8) is 0 Å². The zero-order valence-corrected chi connectivity index (χ0v) is 11.4. The van der Waals surface area contributed by atoms with Crippen LogP contribution in [-0.4, -0.2) is 5.91 Å². The lowest BCUT2D eigenvalue weighted by Gasteiger charge is -2.07. The lowest BCUT2D eigenvalue weighted by atomic mass is 10.2. The molecular formula is C14H12ClNOS. The van der Waals surface area contributed by atoms with Gasteiger partial charge in [-0.25, -0.2) is 0 Å². The molecule has 1 aromatic carbocycles. The Labute approximate surface area is 115 Å². The van der Waals surface area contributed by atoms with E-state index in [1.165, 1.54) is 6.08 Å². The second-order valence-corrected chi connectivity index (χ2v) is 5.14. The molecule has 0 aliphatic carbocycles. The van der Waals surface area contributed by atoms with Crippen molar-refractivity contribution in [2.45, 2.75) is 6.92 Å². The molecule has 0 atom stereocenters. The Bertz CT molecular complexity index is 575. The standard InChI is InChI=1S/C14H12ClNOS/c1-10-12(15)5-2-6-13(10)16-14(17)8-7-11-4-3-9-18-11/h2-9H,1H3,(H,16,17). The summed E-state index contributed by atoms with van der Waals surface area (Å²) in [6, 6.07) is 9.35. The van der Waals surface area contributed by atoms with Crippen LogP contribution in [0.15, 0.2) is 41.8 Å². The van der Waals surface area contributed by atoms with Crippen molar-refractivity contribution in [1.82, 2.24) is 0 Å². The van der Waals surface area contributed by atoms with E-state index in [1.807, 2.05) is 36.6 Å². The van der Waals surface area contributed by atoms with Gasteiger partial charge in [-0.1, -0.05) is 23.7 Å². The van der Waals surface area contributed by atoms with E-state index in [9.17, 15) is 4.79 Å². The van der Waals surface area contributed by atoms with Gasteiger partial charge in [0.05, 0.1) is 0 Å². The topological polar surface area (TPSA) is 29.1 Å². The molecule has 18 heavy (non-hydrogen) atoms. The minimum absolute atomic E-state index is 0.159. The van der Waals surface area contributed by atoms with Gasteiger partial charge < -0.3 is 5.32 Å². The van der Waals surface area contributed by atoms with Crippen LogP contribution < -0.4 is 5.32 Å². The number of carbonyl (C=O) groups is 1. The normalized spacial score (nSPS) is 10.8. The quantitative estimate of drug-likeness (QED) is 0.830. The molecule has 2 rings (SSSR count). The summed E-state index contributed by atoms with van der Waals surface area (Å²) in [7, 11) is 0. The number of benzene rings is 1. The smallest absolute Gasteiger partial charge is 0.248 e. The summed E-state index contributed by atoms with van der Waals surface area (Å²) in [5.41, 5.74) is 1.61. The third-order valence-electron chi connectivity index (χ3n) is 2.47. The molecule has 1 aromatic heterocycles. The van der Waals surface area contributed by atoms with Crippen molar-refractivity contribution in [3.8, 4) is 0 Å². The number of hydrogen-bond acceptors (Lipinski definition) is 2. The van der Waals surface area contributed by atoms with Crippen molar-refractivity contribution in [2.24, 2.45) is 0 Å². The van der Waals surface area contributed by atoms with Gasteiger partial charge in [-0.05, 0) is 42.1 Å². The predicted molar refractivity (Wildman–Crippen MR) is 78.2 cm³/mol. The van der Waals surface area contributed by atoms with Crippen molar-refractivity contribution < 1.29 is 4.79 Å². The van der Waals surface area contributed by atoms with Gasteiger partial charge >= 0.3 is 0 Å². The van der Waals surface area contributed by atoms with Crippen molar-refractivity contribution >= 4 is 40.6 Å². The fourth-order valence-electron chi connectivity index (χ4n) is 1.46. The van der Waals surface area contributed by atoms with E-state index in [-0.39, 0.29) is 5.91 Å². The highest BCUT2D eigenvalue weighted by atomic mass is 35.5. The third kappa shape index (κ3) is 3.22. The molecule has 0 saturated carbocycles. The molecule has 0 unspecified atom stereocenters. The van der Waals surface area contributed by atoms with Gasteiger partial charge in [0.15, 0.2) is 0 Å². The van der Waals surface area contributed by atoms with Gasteiger partial charge in [-0.2, -0.15) is 0 Å². The van der Waals surface area contributed by atoms with Gasteiger partial charge in [-0.15, -0.1) is 11.3 Å². The average Bonchev–Trinajstić information content (AvgIpc) is 2.86. The predicted octanol–water partition coefficient (Wildman–Crippen LogP) is 4.36. The molecule has 1 N–H and O–H groups in total. The first-order chi connectivity index (χ1) is 8.66. The molecular weight excluding hydrogens is 266 g/mol. The van der Waals surface area contributed by atoms with Crippen molar-refractivity contribution in [1.29, 1.82) is 0 Å². The number of nitrogens with one attached hydrogen (secondary N) is 1. The minimum atomic E-state index is -0.159. The Morgan fingerprint density at radius 2 is 2.17 bits per heavy atom. The van der Waals surface area contributed by atoms with E-state index in [0.717, 1.165) is 16.1 Å². The third-order valence-corrected chi connectivity index (χ3v) is 3.71. The highest BCUT2D eigenvalue weighted by Gasteiger charge is 2.04. The Morgan fingerprint density at radius 3 is 2.89 bits per heavy atom. The average molecular weight is 278 g/mol. The second-order valence-electron chi connectivity index (χ2n) is 3.75. The summed E-state index contributed by atoms with van der Waals surface area (Å²) in [5.74, 6) is -0.159. The van der Waals surface area contributed by atoms with Crippen LogP contribution in [0.4, 0.5) is 5.69 Å². The van der Waals surface area contributed by atoms with Gasteiger partial charge in [0.2, 0.25) is 5.91 Å². The second kappa shape index (κ2) is 5.85. The maximum absolute atomic E-state index is 11.7. The Hall–Kier alpha value is -1.58. The number of halogens is 1. The summed E-state index contributed by atoms with van der Waals surface area (Å²) in [6.07, 6.45) is 3.31. The molecule has 0 fully saturated rings. The van der Waals surface area contributed by atoms with Crippen LogP contribution in [-0.2, 0) is 4.79 Å². The van der Waals surface area contributed by atoms with E-state index in [2.05, 4.69) is 5.32 Å². The molecule has 0 aliphatic rings. The molecule has 2 aromatic rings. The first kappa shape index (κ1) is 12.9. The van der Waals surface area contributed by atoms with E-state index >= 15 is 0 Å². The maximum Gasteiger partial charge on any atom is 0.248 e. The Kier molecular flexibility index (Phi) is 4.18. The molecule has 92 valence electrons. The molecule has 1 heterocycles. The first-order valence-electron chi connectivity index (χ1n) is 5.44. The SMILES string of the molecule is Cc1c(Cl)cccc1NC(=O)C=Cc1cccs1. The van der Waals surface area contributed by atoms with E-state index in [0.29, 0.717) is 5.02 Å². The van der Waals surface area contributed by atoms with Gasteiger partial charge in [-0.3, -0.25) is 4.79 Å². The van der Waals surface area contributed by atoms with Crippen molar-refractivity contribution in [3.05, 3.63) is 57.3 Å². The molecule has 0 saturated heterocycles. The number of amides is 1. The summed E-state index contributed by atoms with van der Waals surface area (Å²) >= 11 is 7.58. The summed E-state index contributed by atoms with van der Waals surface area (Å²) in [6.45, 7) is 1.88. The Balaban J connectivity index is 2.05. The molecule has 1 amide bonds. The number of anilines is 1. The number of carbonyl (C=O) groups excluding carboxylic acids is 1. The van der Waals surface area contributed by atoms with Crippen LogP contribution >= 0.6 is 22.9 Å². The van der Waals surface area contributed by atoms with E-state index < -0.39 is 0 Å². The molecule has 0 radical (unpaired) electrons. The van der Waals surface area contributed by atoms with Crippen LogP contribution in [0.1, 0.15) is 10.4 Å². The molecule has 2 nitrogen and oxygen atoms in total. The number of rotatable bonds is 3. The van der Waals surface area contributed by atoms with Crippen molar-refractivity contribution in [2.75, 3.05) is 5.32 Å². The van der Waals surface area contributed by atoms with Crippen LogP contribution in [0.25, 0.3) is 6.08 Å². The van der Waals surface area contributed by atoms with Gasteiger partial charge in [0.25, 0.3) is 0 Å². The molecule has 0 bridgehead atoms. The van der Waals surface area contributed by atoms with Gasteiger partial charge in [0.1, 0.15) is 0 Å². The lowest BCUT2D eigenvalue weighted by Crippen LogP contribution is -2.08. The summed E-state index contributed by atoms with van der Waals surface area (Å²) in [4.78, 5) is 12.8. The Morgan fingerprint density at radius 1 is 1.33 bits per heavy atom. The molecule has 0 aliphatic heterocycles. The highest BCUT2D eigenvalue weighted by molar-refractivity contribution is 7.10. The van der Waals surface area contributed by atoms with E-state index in [1.54, 1.807) is 23.5 Å².